The first-order valence-corrected chi connectivity index (χ1v) is 5.75. The number of nitrogens with two attached hydrogens (primary N) is 1. The van der Waals surface area contributed by atoms with E-state index in [1.54, 1.807) is 25.1 Å². The summed E-state index contributed by atoms with van der Waals surface area (Å²) in [5.74, 6) is -0.306. The lowest BCUT2D eigenvalue weighted by molar-refractivity contribution is 0.102. The molecule has 0 bridgehead atoms. The predicted octanol–water partition coefficient (Wildman–Crippen LogP) is 2.51. The Hall–Kier alpha value is -2.01. The van der Waals surface area contributed by atoms with Crippen molar-refractivity contribution >= 4 is 28.9 Å². The lowest BCUT2D eigenvalue weighted by Crippen LogP contribution is -2.14. The third-order valence-electron chi connectivity index (χ3n) is 2.64. The Kier molecular flexibility index (Phi) is 3.25. The van der Waals surface area contributed by atoms with E-state index in [1.807, 2.05) is 6.92 Å². The van der Waals surface area contributed by atoms with E-state index in [1.165, 1.54) is 0 Å². The van der Waals surface area contributed by atoms with Gasteiger partial charge in [0.15, 0.2) is 0 Å². The molecule has 6 heteroatoms. The lowest BCUT2D eigenvalue weighted by Gasteiger charge is -2.08. The van der Waals surface area contributed by atoms with Crippen LogP contribution >= 0.6 is 11.6 Å². The fourth-order valence-corrected chi connectivity index (χ4v) is 1.85. The number of benzene rings is 1. The first-order chi connectivity index (χ1) is 8.50. The summed E-state index contributed by atoms with van der Waals surface area (Å²) in [7, 11) is 0. The fraction of sp³-hybridized carbons (Fsp3) is 0.167. The zero-order valence-electron chi connectivity index (χ0n) is 10.0. The highest BCUT2D eigenvalue weighted by molar-refractivity contribution is 6.36. The molecule has 0 radical (unpaired) electrons. The van der Waals surface area contributed by atoms with E-state index in [-0.39, 0.29) is 10.9 Å². The number of aryl methyl sites for hydroxylation is 2. The summed E-state index contributed by atoms with van der Waals surface area (Å²) >= 11 is 6.00. The molecular weight excluding hydrogens is 252 g/mol. The Morgan fingerprint density at radius 2 is 2.17 bits per heavy atom. The summed E-state index contributed by atoms with van der Waals surface area (Å²) in [4.78, 5) is 12.1. The Balaban J connectivity index is 2.31. The van der Waals surface area contributed by atoms with Gasteiger partial charge in [-0.1, -0.05) is 17.7 Å². The molecular formula is C12H13ClN4O. The van der Waals surface area contributed by atoms with E-state index in [0.29, 0.717) is 16.9 Å². The number of rotatable bonds is 2. The summed E-state index contributed by atoms with van der Waals surface area (Å²) in [6.45, 7) is 3.64. The Bertz CT molecular complexity index is 587. The molecule has 1 aromatic carbocycles. The van der Waals surface area contributed by atoms with Crippen molar-refractivity contribution in [2.75, 3.05) is 11.1 Å². The van der Waals surface area contributed by atoms with Crippen molar-refractivity contribution < 1.29 is 4.79 Å². The number of hydrogen-bond donors (Lipinski definition) is 3. The second kappa shape index (κ2) is 4.70. The highest BCUT2D eigenvalue weighted by Crippen LogP contribution is 2.25. The highest BCUT2D eigenvalue weighted by Gasteiger charge is 2.15. The van der Waals surface area contributed by atoms with Crippen LogP contribution in [0.4, 0.5) is 11.4 Å². The number of H-pyrrole nitrogens is 1. The second-order valence-corrected chi connectivity index (χ2v) is 4.35. The number of hydrogen-bond acceptors (Lipinski definition) is 3. The van der Waals surface area contributed by atoms with Gasteiger partial charge < -0.3 is 11.1 Å². The average molecular weight is 265 g/mol. The van der Waals surface area contributed by atoms with E-state index >= 15 is 0 Å². The quantitative estimate of drug-likeness (QED) is 0.729. The van der Waals surface area contributed by atoms with Gasteiger partial charge in [0.2, 0.25) is 0 Å². The molecule has 0 atom stereocenters. The number of halogens is 1. The van der Waals surface area contributed by atoms with Gasteiger partial charge in [-0.25, -0.2) is 0 Å². The van der Waals surface area contributed by atoms with Crippen LogP contribution < -0.4 is 11.1 Å². The van der Waals surface area contributed by atoms with Gasteiger partial charge in [-0.2, -0.15) is 5.10 Å². The van der Waals surface area contributed by atoms with Crippen LogP contribution in [0, 0.1) is 13.8 Å². The molecule has 0 spiro atoms. The summed E-state index contributed by atoms with van der Waals surface area (Å²) < 4.78 is 0. The number of aromatic amines is 1. The molecule has 0 aliphatic rings. The van der Waals surface area contributed by atoms with Gasteiger partial charge in [-0.05, 0) is 26.0 Å². The molecule has 0 unspecified atom stereocenters. The minimum absolute atomic E-state index is 0.258. The van der Waals surface area contributed by atoms with Crippen LogP contribution in [0.15, 0.2) is 18.2 Å². The Labute approximate surface area is 109 Å². The van der Waals surface area contributed by atoms with Crippen LogP contribution in [0.25, 0.3) is 0 Å². The second-order valence-electron chi connectivity index (χ2n) is 3.97. The standard InChI is InChI=1S/C12H13ClN4O/c1-6-11(7(2)17-16-6)15-12(18)8-4-3-5-9(14)10(8)13/h3-5H,14H2,1-2H3,(H,15,18)(H,16,17). The molecule has 2 rings (SSSR count). The van der Waals surface area contributed by atoms with E-state index < -0.39 is 0 Å². The van der Waals surface area contributed by atoms with Gasteiger partial charge >= 0.3 is 0 Å². The SMILES string of the molecule is Cc1n[nH]c(C)c1NC(=O)c1cccc(N)c1Cl. The molecule has 1 aromatic heterocycles. The fourth-order valence-electron chi connectivity index (χ4n) is 1.64. The lowest BCUT2D eigenvalue weighted by atomic mass is 10.2. The van der Waals surface area contributed by atoms with Crippen molar-refractivity contribution in [1.82, 2.24) is 10.2 Å². The first kappa shape index (κ1) is 12.4. The topological polar surface area (TPSA) is 83.8 Å². The van der Waals surface area contributed by atoms with Crippen molar-refractivity contribution in [3.63, 3.8) is 0 Å². The van der Waals surface area contributed by atoms with Crippen molar-refractivity contribution in [2.24, 2.45) is 0 Å². The highest BCUT2D eigenvalue weighted by atomic mass is 35.5. The van der Waals surface area contributed by atoms with E-state index in [2.05, 4.69) is 15.5 Å². The molecule has 0 aliphatic carbocycles. The molecule has 5 nitrogen and oxygen atoms in total. The van der Waals surface area contributed by atoms with Crippen molar-refractivity contribution in [1.29, 1.82) is 0 Å². The normalized spacial score (nSPS) is 10.4. The van der Waals surface area contributed by atoms with Crippen molar-refractivity contribution in [3.8, 4) is 0 Å². The van der Waals surface area contributed by atoms with Crippen molar-refractivity contribution in [2.45, 2.75) is 13.8 Å². The molecule has 2 aromatic rings. The summed E-state index contributed by atoms with van der Waals surface area (Å²) in [5, 5.41) is 9.83. The van der Waals surface area contributed by atoms with E-state index in [4.69, 9.17) is 17.3 Å². The van der Waals surface area contributed by atoms with Crippen LogP contribution in [0.5, 0.6) is 0 Å². The number of amides is 1. The molecule has 0 saturated heterocycles. The van der Waals surface area contributed by atoms with Gasteiger partial charge in [0.05, 0.1) is 33.3 Å². The van der Waals surface area contributed by atoms with Gasteiger partial charge in [0, 0.05) is 0 Å². The van der Waals surface area contributed by atoms with Gasteiger partial charge in [-0.3, -0.25) is 9.89 Å². The van der Waals surface area contributed by atoms with Crippen LogP contribution in [0.3, 0.4) is 0 Å². The minimum atomic E-state index is -0.306. The molecule has 18 heavy (non-hydrogen) atoms. The number of carbonyl (C=O) groups is 1. The zero-order valence-corrected chi connectivity index (χ0v) is 10.8. The van der Waals surface area contributed by atoms with Gasteiger partial charge in [0.25, 0.3) is 5.91 Å². The Morgan fingerprint density at radius 3 is 2.78 bits per heavy atom. The number of aromatic nitrogens is 2. The van der Waals surface area contributed by atoms with Crippen LogP contribution in [0.2, 0.25) is 5.02 Å². The number of nitrogens with zero attached hydrogens (tertiary/aromatic N) is 1. The van der Waals surface area contributed by atoms with E-state index in [0.717, 1.165) is 11.4 Å². The summed E-state index contributed by atoms with van der Waals surface area (Å²) in [6.07, 6.45) is 0. The minimum Gasteiger partial charge on any atom is -0.398 e. The molecule has 1 heterocycles. The smallest absolute Gasteiger partial charge is 0.257 e. The molecule has 1 amide bonds. The average Bonchev–Trinajstić information content (AvgIpc) is 2.64. The third kappa shape index (κ3) is 2.17. The van der Waals surface area contributed by atoms with Crippen LogP contribution in [-0.4, -0.2) is 16.1 Å². The van der Waals surface area contributed by atoms with Gasteiger partial charge in [-0.15, -0.1) is 0 Å². The third-order valence-corrected chi connectivity index (χ3v) is 3.06. The predicted molar refractivity (Wildman–Crippen MR) is 71.9 cm³/mol. The molecule has 0 aliphatic heterocycles. The largest absolute Gasteiger partial charge is 0.398 e. The number of nitrogen functional groups attached to an aromatic ring is 1. The number of nitrogens with one attached hydrogen (secondary N) is 2. The maximum absolute atomic E-state index is 12.1. The zero-order chi connectivity index (χ0) is 13.3. The molecule has 0 fully saturated rings. The number of carbonyl (C=O) groups excluding carboxylic acids is 1. The summed E-state index contributed by atoms with van der Waals surface area (Å²) in [5.41, 5.74) is 8.57. The molecule has 94 valence electrons. The van der Waals surface area contributed by atoms with Crippen molar-refractivity contribution in [3.05, 3.63) is 40.2 Å². The molecule has 4 N–H and O–H groups in total. The van der Waals surface area contributed by atoms with Crippen LogP contribution in [0.1, 0.15) is 21.7 Å². The molecule has 0 saturated carbocycles. The number of anilines is 2. The van der Waals surface area contributed by atoms with Crippen LogP contribution in [-0.2, 0) is 0 Å². The van der Waals surface area contributed by atoms with E-state index in [9.17, 15) is 4.79 Å². The summed E-state index contributed by atoms with van der Waals surface area (Å²) in [6, 6.07) is 4.96. The maximum Gasteiger partial charge on any atom is 0.257 e. The maximum atomic E-state index is 12.1. The monoisotopic (exact) mass is 264 g/mol. The Morgan fingerprint density at radius 1 is 1.44 bits per heavy atom. The first-order valence-electron chi connectivity index (χ1n) is 5.37. The van der Waals surface area contributed by atoms with Gasteiger partial charge in [0.1, 0.15) is 0 Å².